The summed E-state index contributed by atoms with van der Waals surface area (Å²) in [7, 11) is 0. The first-order valence-corrected chi connectivity index (χ1v) is 5.00. The maximum absolute atomic E-state index is 10.9. The van der Waals surface area contributed by atoms with Crippen LogP contribution in [0.15, 0.2) is 18.2 Å². The second kappa shape index (κ2) is 3.15. The van der Waals surface area contributed by atoms with Gasteiger partial charge in [-0.1, -0.05) is 11.6 Å². The molecule has 5 heteroatoms. The van der Waals surface area contributed by atoms with Gasteiger partial charge in [-0.25, -0.2) is 0 Å². The fraction of sp³-hybridized carbons (Fsp3) is 0. The van der Waals surface area contributed by atoms with E-state index in [0.29, 0.717) is 10.4 Å². The zero-order valence-electron chi connectivity index (χ0n) is 6.95. The van der Waals surface area contributed by atoms with E-state index in [4.69, 9.17) is 17.3 Å². The average molecular weight is 228 g/mol. The minimum atomic E-state index is -0.625. The lowest BCUT2D eigenvalue weighted by Gasteiger charge is -1.92. The van der Waals surface area contributed by atoms with Gasteiger partial charge in [0.15, 0.2) is 0 Å². The molecule has 0 aliphatic carbocycles. The Morgan fingerprint density at radius 2 is 2.21 bits per heavy atom. The number of carbonyl (C=O) groups excluding carboxylic acids is 1. The number of primary amides is 1. The van der Waals surface area contributed by atoms with Crippen LogP contribution in [0.3, 0.4) is 0 Å². The van der Waals surface area contributed by atoms with E-state index in [0.717, 1.165) is 16.0 Å². The third-order valence-electron chi connectivity index (χ3n) is 1.85. The van der Waals surface area contributed by atoms with Crippen LogP contribution in [-0.2, 0) is 0 Å². The minimum Gasteiger partial charge on any atom is -0.506 e. The summed E-state index contributed by atoms with van der Waals surface area (Å²) in [5.41, 5.74) is 5.09. The first-order valence-electron chi connectivity index (χ1n) is 3.80. The van der Waals surface area contributed by atoms with Crippen LogP contribution in [0.5, 0.6) is 5.75 Å². The number of benzene rings is 1. The van der Waals surface area contributed by atoms with Crippen LogP contribution in [0, 0.1) is 0 Å². The SMILES string of the molecule is NC(=O)c1sc2ccc(Cl)cc2c1O. The number of hydrogen-bond acceptors (Lipinski definition) is 3. The normalized spacial score (nSPS) is 10.6. The van der Waals surface area contributed by atoms with Crippen molar-refractivity contribution in [2.45, 2.75) is 0 Å². The molecule has 14 heavy (non-hydrogen) atoms. The van der Waals surface area contributed by atoms with Gasteiger partial charge < -0.3 is 10.8 Å². The molecule has 0 unspecified atom stereocenters. The van der Waals surface area contributed by atoms with Crippen molar-refractivity contribution in [1.29, 1.82) is 0 Å². The van der Waals surface area contributed by atoms with E-state index >= 15 is 0 Å². The highest BCUT2D eigenvalue weighted by Crippen LogP contribution is 2.37. The van der Waals surface area contributed by atoms with Gasteiger partial charge in [0.1, 0.15) is 10.6 Å². The van der Waals surface area contributed by atoms with Crippen molar-refractivity contribution in [3.8, 4) is 5.75 Å². The molecule has 0 bridgehead atoms. The summed E-state index contributed by atoms with van der Waals surface area (Å²) in [6, 6.07) is 5.05. The van der Waals surface area contributed by atoms with Gasteiger partial charge >= 0.3 is 0 Å². The number of nitrogens with two attached hydrogens (primary N) is 1. The summed E-state index contributed by atoms with van der Waals surface area (Å²) in [4.78, 5) is 11.1. The number of carbonyl (C=O) groups is 1. The lowest BCUT2D eigenvalue weighted by Crippen LogP contribution is -2.08. The largest absolute Gasteiger partial charge is 0.506 e. The second-order valence-corrected chi connectivity index (χ2v) is 4.27. The van der Waals surface area contributed by atoms with Gasteiger partial charge in [-0.2, -0.15) is 0 Å². The highest BCUT2D eigenvalue weighted by Gasteiger charge is 2.15. The quantitative estimate of drug-likeness (QED) is 0.786. The summed E-state index contributed by atoms with van der Waals surface area (Å²) in [5.74, 6) is -0.708. The Morgan fingerprint density at radius 3 is 2.86 bits per heavy atom. The average Bonchev–Trinajstić information content (AvgIpc) is 2.44. The Hall–Kier alpha value is -1.26. The smallest absolute Gasteiger partial charge is 0.262 e. The van der Waals surface area contributed by atoms with Gasteiger partial charge in [0.2, 0.25) is 0 Å². The van der Waals surface area contributed by atoms with E-state index in [1.54, 1.807) is 18.2 Å². The van der Waals surface area contributed by atoms with Gasteiger partial charge in [0, 0.05) is 15.1 Å². The van der Waals surface area contributed by atoms with Crippen molar-refractivity contribution < 1.29 is 9.90 Å². The summed E-state index contributed by atoms with van der Waals surface area (Å²) in [6.07, 6.45) is 0. The molecule has 1 heterocycles. The minimum absolute atomic E-state index is 0.0833. The summed E-state index contributed by atoms with van der Waals surface area (Å²) < 4.78 is 0.792. The van der Waals surface area contributed by atoms with E-state index in [1.165, 1.54) is 0 Å². The van der Waals surface area contributed by atoms with Crippen LogP contribution in [0.4, 0.5) is 0 Å². The Labute approximate surface area is 88.7 Å². The zero-order valence-corrected chi connectivity index (χ0v) is 8.52. The van der Waals surface area contributed by atoms with Gasteiger partial charge in [0.25, 0.3) is 5.91 Å². The van der Waals surface area contributed by atoms with E-state index in [9.17, 15) is 9.90 Å². The summed E-state index contributed by atoms with van der Waals surface area (Å²) in [5, 5.41) is 10.7. The molecular formula is C9H6ClNO2S. The molecule has 0 aliphatic rings. The van der Waals surface area contributed by atoms with Crippen LogP contribution in [0.2, 0.25) is 5.02 Å². The summed E-state index contributed by atoms with van der Waals surface area (Å²) >= 11 is 6.91. The van der Waals surface area contributed by atoms with Gasteiger partial charge in [0.05, 0.1) is 0 Å². The molecule has 1 amide bonds. The van der Waals surface area contributed by atoms with Crippen molar-refractivity contribution in [3.63, 3.8) is 0 Å². The molecule has 0 atom stereocenters. The number of rotatable bonds is 1. The molecule has 0 saturated heterocycles. The molecule has 2 aromatic rings. The van der Waals surface area contributed by atoms with Crippen molar-refractivity contribution >= 4 is 38.9 Å². The van der Waals surface area contributed by atoms with E-state index in [1.807, 2.05) is 0 Å². The van der Waals surface area contributed by atoms with E-state index < -0.39 is 5.91 Å². The molecule has 0 fully saturated rings. The predicted molar refractivity (Wildman–Crippen MR) is 57.0 cm³/mol. The highest BCUT2D eigenvalue weighted by molar-refractivity contribution is 7.21. The second-order valence-electron chi connectivity index (χ2n) is 2.78. The number of amides is 1. The van der Waals surface area contributed by atoms with E-state index in [-0.39, 0.29) is 10.6 Å². The molecule has 1 aromatic carbocycles. The first kappa shape index (κ1) is 9.30. The zero-order chi connectivity index (χ0) is 10.3. The number of aromatic hydroxyl groups is 1. The molecule has 2 rings (SSSR count). The standard InChI is InChI=1S/C9H6ClNO2S/c10-4-1-2-6-5(3-4)7(12)8(14-6)9(11)13/h1-3,12H,(H2,11,13). The third kappa shape index (κ3) is 1.32. The molecular weight excluding hydrogens is 222 g/mol. The van der Waals surface area contributed by atoms with Crippen LogP contribution in [0.1, 0.15) is 9.67 Å². The Morgan fingerprint density at radius 1 is 1.50 bits per heavy atom. The lowest BCUT2D eigenvalue weighted by molar-refractivity contribution is 0.100. The molecule has 0 aliphatic heterocycles. The monoisotopic (exact) mass is 227 g/mol. The number of hydrogen-bond donors (Lipinski definition) is 2. The lowest BCUT2D eigenvalue weighted by atomic mass is 10.2. The van der Waals surface area contributed by atoms with Crippen molar-refractivity contribution in [3.05, 3.63) is 28.1 Å². The van der Waals surface area contributed by atoms with E-state index in [2.05, 4.69) is 0 Å². The first-order chi connectivity index (χ1) is 6.59. The Balaban J connectivity index is 2.80. The Kier molecular flexibility index (Phi) is 2.09. The predicted octanol–water partition coefficient (Wildman–Crippen LogP) is 2.36. The molecule has 3 N–H and O–H groups in total. The fourth-order valence-corrected chi connectivity index (χ4v) is 2.32. The molecule has 3 nitrogen and oxygen atoms in total. The fourth-order valence-electron chi connectivity index (χ4n) is 1.22. The van der Waals surface area contributed by atoms with Crippen molar-refractivity contribution in [1.82, 2.24) is 0 Å². The molecule has 72 valence electrons. The highest BCUT2D eigenvalue weighted by atomic mass is 35.5. The van der Waals surface area contributed by atoms with Crippen LogP contribution in [0.25, 0.3) is 10.1 Å². The van der Waals surface area contributed by atoms with Crippen LogP contribution < -0.4 is 5.73 Å². The topological polar surface area (TPSA) is 63.3 Å². The number of fused-ring (bicyclic) bond motifs is 1. The number of thiophene rings is 1. The maximum atomic E-state index is 10.9. The maximum Gasteiger partial charge on any atom is 0.262 e. The van der Waals surface area contributed by atoms with Crippen LogP contribution in [-0.4, -0.2) is 11.0 Å². The van der Waals surface area contributed by atoms with Gasteiger partial charge in [-0.15, -0.1) is 11.3 Å². The molecule has 1 aromatic heterocycles. The third-order valence-corrected chi connectivity index (χ3v) is 3.26. The molecule has 0 radical (unpaired) electrons. The van der Waals surface area contributed by atoms with Crippen molar-refractivity contribution in [2.75, 3.05) is 0 Å². The molecule has 0 saturated carbocycles. The van der Waals surface area contributed by atoms with Crippen LogP contribution >= 0.6 is 22.9 Å². The van der Waals surface area contributed by atoms with Crippen molar-refractivity contribution in [2.24, 2.45) is 5.73 Å². The van der Waals surface area contributed by atoms with Gasteiger partial charge in [-0.05, 0) is 18.2 Å². The van der Waals surface area contributed by atoms with Gasteiger partial charge in [-0.3, -0.25) is 4.79 Å². The Bertz CT molecular complexity index is 521. The summed E-state index contributed by atoms with van der Waals surface area (Å²) in [6.45, 7) is 0. The molecule has 0 spiro atoms. The number of halogens is 1.